The molecule has 184 valence electrons. The standard InChI is InChI=1S/C24H28ClFN8O/c1-32(2)8-9-33(3)19-13-21(35-5)18(12-16(19)27)30-24-28-7-6-17(29-24)23-31-22-15(26)10-14(25)11-20(22)34(23)4/h6-7,10-13H,8-9,27H2,1-5H3,(H,28,29,30). The van der Waals surface area contributed by atoms with Gasteiger partial charge in [-0.1, -0.05) is 11.6 Å². The highest BCUT2D eigenvalue weighted by molar-refractivity contribution is 6.31. The van der Waals surface area contributed by atoms with Gasteiger partial charge < -0.3 is 30.2 Å². The number of rotatable bonds is 8. The second-order valence-electron chi connectivity index (χ2n) is 8.48. The fraction of sp³-hybridized carbons (Fsp3) is 0.292. The molecule has 0 amide bonds. The lowest BCUT2D eigenvalue weighted by Crippen LogP contribution is -2.29. The molecular formula is C24H28ClFN8O. The Labute approximate surface area is 208 Å². The van der Waals surface area contributed by atoms with E-state index in [1.807, 2.05) is 27.2 Å². The van der Waals surface area contributed by atoms with Crippen LogP contribution in [-0.4, -0.2) is 65.8 Å². The van der Waals surface area contributed by atoms with Crippen LogP contribution in [0.1, 0.15) is 0 Å². The molecule has 0 radical (unpaired) electrons. The maximum absolute atomic E-state index is 14.4. The average molecular weight is 499 g/mol. The van der Waals surface area contributed by atoms with E-state index >= 15 is 0 Å². The monoisotopic (exact) mass is 498 g/mol. The van der Waals surface area contributed by atoms with Crippen LogP contribution in [0.4, 0.5) is 27.4 Å². The van der Waals surface area contributed by atoms with Gasteiger partial charge in [0, 0.05) is 44.5 Å². The number of aryl methyl sites for hydroxylation is 1. The molecule has 0 unspecified atom stereocenters. The smallest absolute Gasteiger partial charge is 0.227 e. The van der Waals surface area contributed by atoms with E-state index in [0.29, 0.717) is 45.1 Å². The average Bonchev–Trinajstić information content (AvgIpc) is 3.14. The number of likely N-dealkylation sites (N-methyl/N-ethyl adjacent to an activating group) is 2. The summed E-state index contributed by atoms with van der Waals surface area (Å²) in [6, 6.07) is 8.30. The van der Waals surface area contributed by atoms with Crippen LogP contribution in [0, 0.1) is 5.82 Å². The molecule has 0 saturated heterocycles. The second kappa shape index (κ2) is 9.93. The first kappa shape index (κ1) is 24.5. The molecule has 0 fully saturated rings. The van der Waals surface area contributed by atoms with Crippen molar-refractivity contribution in [3.8, 4) is 17.3 Å². The van der Waals surface area contributed by atoms with Crippen LogP contribution < -0.4 is 20.7 Å². The number of halogens is 2. The first-order valence-corrected chi connectivity index (χ1v) is 11.3. The fourth-order valence-electron chi connectivity index (χ4n) is 3.76. The van der Waals surface area contributed by atoms with Crippen LogP contribution in [0.15, 0.2) is 36.5 Å². The largest absolute Gasteiger partial charge is 0.494 e. The summed E-state index contributed by atoms with van der Waals surface area (Å²) in [5.41, 5.74) is 9.75. The van der Waals surface area contributed by atoms with Crippen LogP contribution in [0.5, 0.6) is 5.75 Å². The minimum atomic E-state index is -0.488. The summed E-state index contributed by atoms with van der Waals surface area (Å²) in [5, 5.41) is 3.48. The summed E-state index contributed by atoms with van der Waals surface area (Å²) in [4.78, 5) is 17.5. The minimum absolute atomic E-state index is 0.225. The fourth-order valence-corrected chi connectivity index (χ4v) is 3.96. The van der Waals surface area contributed by atoms with Crippen molar-refractivity contribution in [3.63, 3.8) is 0 Å². The van der Waals surface area contributed by atoms with Crippen molar-refractivity contribution in [2.45, 2.75) is 0 Å². The van der Waals surface area contributed by atoms with Gasteiger partial charge in [-0.05, 0) is 38.4 Å². The lowest BCUT2D eigenvalue weighted by Gasteiger charge is -2.24. The van der Waals surface area contributed by atoms with Gasteiger partial charge in [-0.2, -0.15) is 0 Å². The topological polar surface area (TPSA) is 97.4 Å². The molecular weight excluding hydrogens is 471 g/mol. The zero-order chi connectivity index (χ0) is 25.3. The molecule has 0 aliphatic heterocycles. The Bertz CT molecular complexity index is 1370. The van der Waals surface area contributed by atoms with E-state index in [1.165, 1.54) is 6.07 Å². The first-order chi connectivity index (χ1) is 16.7. The van der Waals surface area contributed by atoms with E-state index < -0.39 is 5.82 Å². The highest BCUT2D eigenvalue weighted by Crippen LogP contribution is 2.36. The number of fused-ring (bicyclic) bond motifs is 1. The number of methoxy groups -OCH3 is 1. The van der Waals surface area contributed by atoms with Crippen LogP contribution >= 0.6 is 11.6 Å². The number of nitrogen functional groups attached to an aromatic ring is 1. The zero-order valence-corrected chi connectivity index (χ0v) is 21.1. The number of ether oxygens (including phenoxy) is 1. The van der Waals surface area contributed by atoms with Crippen LogP contribution in [0.3, 0.4) is 0 Å². The lowest BCUT2D eigenvalue weighted by molar-refractivity contribution is 0.413. The Hall–Kier alpha value is -3.63. The van der Waals surface area contributed by atoms with Crippen LogP contribution in [0.2, 0.25) is 5.02 Å². The van der Waals surface area contributed by atoms with Crippen molar-refractivity contribution < 1.29 is 9.13 Å². The maximum atomic E-state index is 14.4. The molecule has 0 bridgehead atoms. The zero-order valence-electron chi connectivity index (χ0n) is 20.3. The van der Waals surface area contributed by atoms with Gasteiger partial charge in [-0.25, -0.2) is 19.3 Å². The highest BCUT2D eigenvalue weighted by Gasteiger charge is 2.17. The summed E-state index contributed by atoms with van der Waals surface area (Å²) in [6.45, 7) is 1.69. The maximum Gasteiger partial charge on any atom is 0.227 e. The molecule has 0 aliphatic carbocycles. The Morgan fingerprint density at radius 1 is 1.14 bits per heavy atom. The molecule has 3 N–H and O–H groups in total. The van der Waals surface area contributed by atoms with Crippen molar-refractivity contribution in [2.24, 2.45) is 7.05 Å². The van der Waals surface area contributed by atoms with Gasteiger partial charge in [-0.3, -0.25) is 0 Å². The Morgan fingerprint density at radius 2 is 1.91 bits per heavy atom. The molecule has 0 spiro atoms. The van der Waals surface area contributed by atoms with Crippen molar-refractivity contribution in [1.82, 2.24) is 24.4 Å². The van der Waals surface area contributed by atoms with E-state index in [4.69, 9.17) is 22.1 Å². The molecule has 4 rings (SSSR count). The SMILES string of the molecule is COc1cc(N(C)CCN(C)C)c(N)cc1Nc1nccc(-c2nc3c(F)cc(Cl)cc3n2C)n1. The third-order valence-electron chi connectivity index (χ3n) is 5.68. The predicted molar refractivity (Wildman–Crippen MR) is 139 cm³/mol. The van der Waals surface area contributed by atoms with E-state index in [2.05, 4.69) is 30.1 Å². The van der Waals surface area contributed by atoms with Gasteiger partial charge in [0.1, 0.15) is 17.0 Å². The number of nitrogens with zero attached hydrogens (tertiary/aromatic N) is 6. The van der Waals surface area contributed by atoms with Crippen LogP contribution in [0.25, 0.3) is 22.6 Å². The van der Waals surface area contributed by atoms with E-state index in [1.54, 1.807) is 43.1 Å². The first-order valence-electron chi connectivity index (χ1n) is 10.9. The summed E-state index contributed by atoms with van der Waals surface area (Å²) in [7, 11) is 9.42. The van der Waals surface area contributed by atoms with Gasteiger partial charge in [0.2, 0.25) is 5.95 Å². The van der Waals surface area contributed by atoms with Crippen molar-refractivity contribution in [2.75, 3.05) is 57.3 Å². The number of hydrogen-bond donors (Lipinski definition) is 2. The molecule has 2 aromatic heterocycles. The van der Waals surface area contributed by atoms with Crippen molar-refractivity contribution in [3.05, 3.63) is 47.4 Å². The van der Waals surface area contributed by atoms with Gasteiger partial charge in [0.05, 0.1) is 29.7 Å². The highest BCUT2D eigenvalue weighted by atomic mass is 35.5. The molecule has 35 heavy (non-hydrogen) atoms. The van der Waals surface area contributed by atoms with Gasteiger partial charge >= 0.3 is 0 Å². The Morgan fingerprint density at radius 3 is 2.63 bits per heavy atom. The molecule has 0 saturated carbocycles. The van der Waals surface area contributed by atoms with Gasteiger partial charge in [0.15, 0.2) is 11.6 Å². The molecule has 9 nitrogen and oxygen atoms in total. The summed E-state index contributed by atoms with van der Waals surface area (Å²) >= 11 is 6.03. The third kappa shape index (κ3) is 5.08. The summed E-state index contributed by atoms with van der Waals surface area (Å²) in [6.07, 6.45) is 1.60. The molecule has 2 aromatic carbocycles. The van der Waals surface area contributed by atoms with Crippen molar-refractivity contribution in [1.29, 1.82) is 0 Å². The number of anilines is 4. The molecule has 4 aromatic rings. The molecule has 11 heteroatoms. The van der Waals surface area contributed by atoms with Gasteiger partial charge in [0.25, 0.3) is 0 Å². The molecule has 2 heterocycles. The van der Waals surface area contributed by atoms with E-state index in [-0.39, 0.29) is 5.52 Å². The number of nitrogens with two attached hydrogens (primary N) is 1. The number of aromatic nitrogens is 4. The summed E-state index contributed by atoms with van der Waals surface area (Å²) < 4.78 is 21.7. The number of imidazole rings is 1. The minimum Gasteiger partial charge on any atom is -0.494 e. The Kier molecular flexibility index (Phi) is 6.95. The van der Waals surface area contributed by atoms with Gasteiger partial charge in [-0.15, -0.1) is 0 Å². The molecule has 0 atom stereocenters. The predicted octanol–water partition coefficient (Wildman–Crippen LogP) is 4.16. The van der Waals surface area contributed by atoms with E-state index in [0.717, 1.165) is 18.8 Å². The molecule has 0 aliphatic rings. The van der Waals surface area contributed by atoms with E-state index in [9.17, 15) is 4.39 Å². The normalized spacial score (nSPS) is 11.3. The quantitative estimate of drug-likeness (QED) is 0.350. The third-order valence-corrected chi connectivity index (χ3v) is 5.90. The number of nitrogens with one attached hydrogen (secondary N) is 1. The van der Waals surface area contributed by atoms with Crippen LogP contribution in [-0.2, 0) is 7.05 Å². The number of hydrogen-bond acceptors (Lipinski definition) is 8. The second-order valence-corrected chi connectivity index (χ2v) is 8.91. The summed E-state index contributed by atoms with van der Waals surface area (Å²) in [5.74, 6) is 0.910. The number of benzene rings is 2. The lowest BCUT2D eigenvalue weighted by atomic mass is 10.2. The Balaban J connectivity index is 1.65. The van der Waals surface area contributed by atoms with Crippen molar-refractivity contribution >= 4 is 45.6 Å².